The fourth-order valence-corrected chi connectivity index (χ4v) is 3.24. The third-order valence-electron chi connectivity index (χ3n) is 4.67. The molecule has 2 aromatic rings. The van der Waals surface area contributed by atoms with Crippen LogP contribution in [0.5, 0.6) is 0 Å². The molecule has 0 aliphatic rings. The van der Waals surface area contributed by atoms with Gasteiger partial charge in [0.15, 0.2) is 5.11 Å². The molecule has 0 radical (unpaired) electrons. The Morgan fingerprint density at radius 2 is 1.73 bits per heavy atom. The summed E-state index contributed by atoms with van der Waals surface area (Å²) in [5.74, 6) is -0.0498. The molecule has 160 valence electrons. The first-order chi connectivity index (χ1) is 14.3. The zero-order valence-electron chi connectivity index (χ0n) is 18.1. The number of benzene rings is 2. The molecule has 5 nitrogen and oxygen atoms in total. The maximum atomic E-state index is 12.6. The zero-order valence-corrected chi connectivity index (χ0v) is 18.9. The van der Waals surface area contributed by atoms with Gasteiger partial charge in [-0.3, -0.25) is 9.59 Å². The fourth-order valence-electron chi connectivity index (χ4n) is 3.03. The Balaban J connectivity index is 1.94. The van der Waals surface area contributed by atoms with Crippen LogP contribution in [-0.4, -0.2) is 23.5 Å². The van der Waals surface area contributed by atoms with Gasteiger partial charge in [0.05, 0.1) is 5.92 Å². The summed E-state index contributed by atoms with van der Waals surface area (Å²) >= 11 is 5.29. The van der Waals surface area contributed by atoms with Crippen molar-refractivity contribution in [3.63, 3.8) is 0 Å². The van der Waals surface area contributed by atoms with Crippen LogP contribution in [0.25, 0.3) is 0 Å². The number of rotatable bonds is 8. The Kier molecular flexibility index (Phi) is 8.99. The van der Waals surface area contributed by atoms with E-state index in [1.807, 2.05) is 26.0 Å². The van der Waals surface area contributed by atoms with E-state index in [2.05, 4.69) is 41.9 Å². The first-order valence-corrected chi connectivity index (χ1v) is 10.8. The average molecular weight is 426 g/mol. The van der Waals surface area contributed by atoms with Crippen molar-refractivity contribution in [2.45, 2.75) is 46.5 Å². The van der Waals surface area contributed by atoms with Crippen LogP contribution in [0.3, 0.4) is 0 Å². The molecular weight excluding hydrogens is 394 g/mol. The second kappa shape index (κ2) is 11.5. The Morgan fingerprint density at radius 3 is 2.37 bits per heavy atom. The molecule has 30 heavy (non-hydrogen) atoms. The standard InChI is InChI=1S/C24H31N3O2S/c1-5-13-25-23(29)20-7-6-8-21(15-20)26-24(30)27-22(28)17(4)19-11-9-18(10-12-19)14-16(2)3/h6-12,15-17H,5,13-14H2,1-4H3,(H,25,29)(H2,26,27,28,30). The largest absolute Gasteiger partial charge is 0.352 e. The van der Waals surface area contributed by atoms with Gasteiger partial charge in [-0.05, 0) is 67.2 Å². The summed E-state index contributed by atoms with van der Waals surface area (Å²) in [5, 5.41) is 8.76. The summed E-state index contributed by atoms with van der Waals surface area (Å²) in [6, 6.07) is 15.2. The number of hydrogen-bond acceptors (Lipinski definition) is 3. The lowest BCUT2D eigenvalue weighted by molar-refractivity contribution is -0.120. The van der Waals surface area contributed by atoms with Crippen molar-refractivity contribution in [2.75, 3.05) is 11.9 Å². The minimum absolute atomic E-state index is 0.134. The lowest BCUT2D eigenvalue weighted by atomic mass is 9.96. The quantitative estimate of drug-likeness (QED) is 0.539. The van der Waals surface area contributed by atoms with Crippen molar-refractivity contribution < 1.29 is 9.59 Å². The van der Waals surface area contributed by atoms with E-state index in [1.165, 1.54) is 5.56 Å². The van der Waals surface area contributed by atoms with Gasteiger partial charge in [0, 0.05) is 17.8 Å². The summed E-state index contributed by atoms with van der Waals surface area (Å²) in [6.45, 7) is 8.85. The van der Waals surface area contributed by atoms with E-state index in [1.54, 1.807) is 24.3 Å². The van der Waals surface area contributed by atoms with Crippen molar-refractivity contribution in [2.24, 2.45) is 5.92 Å². The molecule has 2 amide bonds. The summed E-state index contributed by atoms with van der Waals surface area (Å²) in [4.78, 5) is 24.7. The molecule has 2 rings (SSSR count). The van der Waals surface area contributed by atoms with E-state index in [0.717, 1.165) is 18.4 Å². The highest BCUT2D eigenvalue weighted by Crippen LogP contribution is 2.18. The van der Waals surface area contributed by atoms with Crippen LogP contribution >= 0.6 is 12.2 Å². The molecule has 0 spiro atoms. The van der Waals surface area contributed by atoms with Crippen molar-refractivity contribution in [1.82, 2.24) is 10.6 Å². The first-order valence-electron chi connectivity index (χ1n) is 10.4. The van der Waals surface area contributed by atoms with Gasteiger partial charge >= 0.3 is 0 Å². The van der Waals surface area contributed by atoms with Crippen LogP contribution < -0.4 is 16.0 Å². The first kappa shape index (κ1) is 23.5. The monoisotopic (exact) mass is 425 g/mol. The zero-order chi connectivity index (χ0) is 22.1. The Morgan fingerprint density at radius 1 is 1.03 bits per heavy atom. The molecule has 3 N–H and O–H groups in total. The average Bonchev–Trinajstić information content (AvgIpc) is 2.71. The minimum Gasteiger partial charge on any atom is -0.352 e. The van der Waals surface area contributed by atoms with E-state index in [-0.39, 0.29) is 22.8 Å². The molecule has 6 heteroatoms. The van der Waals surface area contributed by atoms with E-state index in [9.17, 15) is 9.59 Å². The van der Waals surface area contributed by atoms with Crippen LogP contribution in [-0.2, 0) is 11.2 Å². The highest BCUT2D eigenvalue weighted by atomic mass is 32.1. The van der Waals surface area contributed by atoms with Gasteiger partial charge in [-0.1, -0.05) is 51.1 Å². The molecule has 1 atom stereocenters. The predicted molar refractivity (Wildman–Crippen MR) is 127 cm³/mol. The Labute approximate surface area is 184 Å². The van der Waals surface area contributed by atoms with Crippen LogP contribution in [0, 0.1) is 5.92 Å². The van der Waals surface area contributed by atoms with Crippen LogP contribution in [0.4, 0.5) is 5.69 Å². The summed E-state index contributed by atoms with van der Waals surface area (Å²) in [6.07, 6.45) is 1.89. The van der Waals surface area contributed by atoms with Gasteiger partial charge in [0.2, 0.25) is 5.91 Å². The Bertz CT molecular complexity index is 878. The molecule has 0 heterocycles. The lowest BCUT2D eigenvalue weighted by Crippen LogP contribution is -2.36. The highest BCUT2D eigenvalue weighted by Gasteiger charge is 2.17. The van der Waals surface area contributed by atoms with Crippen molar-refractivity contribution in [3.05, 3.63) is 65.2 Å². The third kappa shape index (κ3) is 7.26. The van der Waals surface area contributed by atoms with Crippen molar-refractivity contribution in [1.29, 1.82) is 0 Å². The molecule has 0 fully saturated rings. The SMILES string of the molecule is CCCNC(=O)c1cccc(NC(=S)NC(=O)C(C)c2ccc(CC(C)C)cc2)c1. The van der Waals surface area contributed by atoms with Gasteiger partial charge < -0.3 is 16.0 Å². The van der Waals surface area contributed by atoms with Gasteiger partial charge in [-0.15, -0.1) is 0 Å². The molecule has 0 aliphatic heterocycles. The maximum absolute atomic E-state index is 12.6. The molecule has 0 aliphatic carbocycles. The fraction of sp³-hybridized carbons (Fsp3) is 0.375. The number of carbonyl (C=O) groups is 2. The van der Waals surface area contributed by atoms with Crippen molar-refractivity contribution >= 4 is 34.8 Å². The molecule has 1 unspecified atom stereocenters. The van der Waals surface area contributed by atoms with Crippen LogP contribution in [0.2, 0.25) is 0 Å². The van der Waals surface area contributed by atoms with E-state index in [4.69, 9.17) is 12.2 Å². The highest BCUT2D eigenvalue weighted by molar-refractivity contribution is 7.80. The minimum atomic E-state index is -0.330. The van der Waals surface area contributed by atoms with Crippen LogP contribution in [0.15, 0.2) is 48.5 Å². The van der Waals surface area contributed by atoms with Gasteiger partial charge in [0.25, 0.3) is 5.91 Å². The molecule has 0 bridgehead atoms. The third-order valence-corrected chi connectivity index (χ3v) is 4.88. The van der Waals surface area contributed by atoms with Gasteiger partial charge in [-0.25, -0.2) is 0 Å². The molecule has 0 aromatic heterocycles. The number of nitrogens with one attached hydrogen (secondary N) is 3. The normalized spacial score (nSPS) is 11.6. The summed E-state index contributed by atoms with van der Waals surface area (Å²) in [5.41, 5.74) is 3.39. The number of carbonyl (C=O) groups excluding carboxylic acids is 2. The lowest BCUT2D eigenvalue weighted by Gasteiger charge is -2.15. The topological polar surface area (TPSA) is 70.2 Å². The number of hydrogen-bond donors (Lipinski definition) is 3. The summed E-state index contributed by atoms with van der Waals surface area (Å²) in [7, 11) is 0. The number of thiocarbonyl (C=S) groups is 1. The van der Waals surface area contributed by atoms with Crippen molar-refractivity contribution in [3.8, 4) is 0 Å². The van der Waals surface area contributed by atoms with Gasteiger partial charge in [0.1, 0.15) is 0 Å². The maximum Gasteiger partial charge on any atom is 0.251 e. The van der Waals surface area contributed by atoms with Crippen LogP contribution in [0.1, 0.15) is 61.5 Å². The van der Waals surface area contributed by atoms with E-state index in [0.29, 0.717) is 23.7 Å². The molecule has 0 saturated carbocycles. The Hall–Kier alpha value is -2.73. The second-order valence-corrected chi connectivity index (χ2v) is 8.25. The second-order valence-electron chi connectivity index (χ2n) is 7.84. The number of amides is 2. The predicted octanol–water partition coefficient (Wildman–Crippen LogP) is 4.64. The molecular formula is C24H31N3O2S. The number of anilines is 1. The van der Waals surface area contributed by atoms with E-state index >= 15 is 0 Å². The smallest absolute Gasteiger partial charge is 0.251 e. The molecule has 2 aromatic carbocycles. The van der Waals surface area contributed by atoms with Gasteiger partial charge in [-0.2, -0.15) is 0 Å². The summed E-state index contributed by atoms with van der Waals surface area (Å²) < 4.78 is 0. The van der Waals surface area contributed by atoms with E-state index < -0.39 is 0 Å². The molecule has 0 saturated heterocycles.